The van der Waals surface area contributed by atoms with Crippen molar-refractivity contribution >= 4 is 72.1 Å². The van der Waals surface area contributed by atoms with Gasteiger partial charge in [-0.05, 0) is 116 Å². The molecule has 2 fully saturated rings. The van der Waals surface area contributed by atoms with E-state index in [0.29, 0.717) is 69.2 Å². The topological polar surface area (TPSA) is 227 Å². The van der Waals surface area contributed by atoms with Crippen LogP contribution in [0.3, 0.4) is 0 Å². The Kier molecular flexibility index (Phi) is 20.3. The summed E-state index contributed by atoms with van der Waals surface area (Å²) in [6, 6.07) is 15.7. The van der Waals surface area contributed by atoms with Gasteiger partial charge in [0.15, 0.2) is 0 Å². The lowest BCUT2D eigenvalue weighted by atomic mass is 9.85. The fraction of sp³-hybridized carbons (Fsp3) is 0.544. The molecule has 414 valence electrons. The van der Waals surface area contributed by atoms with Crippen LogP contribution in [0.25, 0.3) is 0 Å². The summed E-state index contributed by atoms with van der Waals surface area (Å²) >= 11 is 0. The summed E-state index contributed by atoms with van der Waals surface area (Å²) in [7, 11) is 1.67. The molecule has 8 amide bonds. The van der Waals surface area contributed by atoms with Gasteiger partial charge < -0.3 is 47.0 Å². The number of hydrogen-bond acceptors (Lipinski definition) is 9. The second-order valence-electron chi connectivity index (χ2n) is 22.8. The number of carbonyl (C=O) groups excluding carboxylic acids is 8. The lowest BCUT2D eigenvalue weighted by molar-refractivity contribution is -0.144. The third-order valence-corrected chi connectivity index (χ3v) is 15.5. The van der Waals surface area contributed by atoms with Crippen LogP contribution in [0, 0.1) is 16.7 Å². The minimum atomic E-state index is -0.863. The third-order valence-electron chi connectivity index (χ3n) is 15.5. The predicted molar refractivity (Wildman–Crippen MR) is 296 cm³/mol. The Morgan fingerprint density at radius 2 is 0.947 bits per heavy atom. The number of likely N-dealkylation sites (tertiary alicyclic amines) is 2. The van der Waals surface area contributed by atoms with Gasteiger partial charge >= 0.3 is 0 Å². The van der Waals surface area contributed by atoms with Crippen molar-refractivity contribution in [3.05, 3.63) is 106 Å². The molecular weight excluding hydrogens is 1010 g/mol. The Balaban J connectivity index is 0.00000533. The van der Waals surface area contributed by atoms with Crippen LogP contribution in [0.15, 0.2) is 72.8 Å². The van der Waals surface area contributed by atoms with Crippen molar-refractivity contribution in [2.45, 2.75) is 162 Å². The lowest BCUT2D eigenvalue weighted by Gasteiger charge is -2.36. The molecule has 0 saturated carbocycles. The predicted octanol–water partition coefficient (Wildman–Crippen LogP) is 5.25. The molecule has 0 bridgehead atoms. The summed E-state index contributed by atoms with van der Waals surface area (Å²) in [6.07, 6.45) is 3.69. The van der Waals surface area contributed by atoms with Gasteiger partial charge in [-0.1, -0.05) is 104 Å². The minimum absolute atomic E-state index is 0. The zero-order chi connectivity index (χ0) is 53.8. The van der Waals surface area contributed by atoms with Crippen LogP contribution < -0.4 is 37.2 Å². The second-order valence-corrected chi connectivity index (χ2v) is 22.8. The molecule has 7 N–H and O–H groups in total. The summed E-state index contributed by atoms with van der Waals surface area (Å²) in [4.78, 5) is 114. The van der Waals surface area contributed by atoms with E-state index in [0.717, 1.165) is 22.3 Å². The number of likely N-dealkylation sites (N-methyl/N-ethyl adjacent to an activating group) is 1. The Labute approximate surface area is 460 Å². The molecule has 3 aromatic rings. The van der Waals surface area contributed by atoms with Crippen LogP contribution in [0.1, 0.15) is 149 Å². The van der Waals surface area contributed by atoms with Gasteiger partial charge in [0.1, 0.15) is 24.2 Å². The highest BCUT2D eigenvalue weighted by Gasteiger charge is 2.46. The zero-order valence-electron chi connectivity index (χ0n) is 45.5. The van der Waals surface area contributed by atoms with E-state index in [2.05, 4.69) is 37.2 Å². The molecule has 2 heterocycles. The molecule has 7 rings (SSSR count). The van der Waals surface area contributed by atoms with Gasteiger partial charge in [-0.25, -0.2) is 0 Å². The molecule has 2 saturated heterocycles. The molecule has 2 aliphatic carbocycles. The summed E-state index contributed by atoms with van der Waals surface area (Å²) in [5.41, 5.74) is 3.05. The molecule has 0 radical (unpaired) electrons. The number of benzene rings is 3. The summed E-state index contributed by atoms with van der Waals surface area (Å²) in [6.45, 7) is 17.5. The van der Waals surface area contributed by atoms with Crippen molar-refractivity contribution in [2.24, 2.45) is 16.7 Å². The number of carbonyl (C=O) groups is 8. The highest BCUT2D eigenvalue weighted by molar-refractivity contribution is 5.99. The quantitative estimate of drug-likeness (QED) is 0.0993. The maximum Gasteiger partial charge on any atom is 0.251 e. The van der Waals surface area contributed by atoms with Crippen molar-refractivity contribution in [2.75, 3.05) is 20.1 Å². The Hall–Kier alpha value is -6.04. The molecule has 3 aromatic carbocycles. The lowest BCUT2D eigenvalue weighted by Crippen LogP contribution is -2.59. The first-order valence-corrected chi connectivity index (χ1v) is 26.4. The highest BCUT2D eigenvalue weighted by Crippen LogP contribution is 2.35. The van der Waals surface area contributed by atoms with Gasteiger partial charge in [0.05, 0.1) is 30.2 Å². The van der Waals surface area contributed by atoms with E-state index in [1.165, 1.54) is 0 Å². The Morgan fingerprint density at radius 3 is 1.32 bits per heavy atom. The van der Waals surface area contributed by atoms with E-state index >= 15 is 0 Å². The van der Waals surface area contributed by atoms with E-state index in [9.17, 15) is 38.4 Å². The maximum atomic E-state index is 14.3. The van der Waals surface area contributed by atoms with Crippen LogP contribution >= 0.6 is 24.8 Å². The SMILES string of the molecule is CC[C@@H](C)C(=O)N[C@H](C(=O)N1CCC[C@H]1C(=O)N[C@H]1c2ccccc2C[C@@H]1NC(=O)c1ccc(C(=O)N[C@H]2Cc3ccccc3[C@@H]2NC(=O)[C@@H]2CCCN2C(=O)[C@@H](NC(=O)[C@H](C)NC)C(C)(C)C)cc1)C(C)(C)C.Cl.Cl. The monoisotopic (exact) mass is 1090 g/mol. The number of nitrogens with one attached hydrogen (secondary N) is 7. The van der Waals surface area contributed by atoms with E-state index in [4.69, 9.17) is 0 Å². The zero-order valence-corrected chi connectivity index (χ0v) is 47.2. The number of amides is 8. The van der Waals surface area contributed by atoms with E-state index in [1.54, 1.807) is 48.0 Å². The number of rotatable bonds is 16. The van der Waals surface area contributed by atoms with Crippen LogP contribution in [-0.4, -0.2) is 119 Å². The third kappa shape index (κ3) is 13.5. The summed E-state index contributed by atoms with van der Waals surface area (Å²) < 4.78 is 0. The van der Waals surface area contributed by atoms with Crippen LogP contribution in [0.4, 0.5) is 0 Å². The number of fused-ring (bicyclic) bond motifs is 2. The minimum Gasteiger partial charge on any atom is -0.347 e. The van der Waals surface area contributed by atoms with Crippen molar-refractivity contribution in [3.63, 3.8) is 0 Å². The van der Waals surface area contributed by atoms with Crippen LogP contribution in [0.2, 0.25) is 0 Å². The van der Waals surface area contributed by atoms with Crippen molar-refractivity contribution < 1.29 is 38.4 Å². The molecule has 2 aliphatic heterocycles. The number of halogens is 2. The van der Waals surface area contributed by atoms with Gasteiger partial charge in [0.25, 0.3) is 11.8 Å². The molecule has 4 aliphatic rings. The van der Waals surface area contributed by atoms with E-state index in [1.807, 2.05) is 104 Å². The Morgan fingerprint density at radius 1 is 0.566 bits per heavy atom. The normalized spacial score (nSPS) is 22.2. The largest absolute Gasteiger partial charge is 0.347 e. The van der Waals surface area contributed by atoms with E-state index in [-0.39, 0.29) is 66.2 Å². The van der Waals surface area contributed by atoms with Crippen LogP contribution in [0.5, 0.6) is 0 Å². The van der Waals surface area contributed by atoms with Gasteiger partial charge in [-0.2, -0.15) is 0 Å². The molecule has 17 nitrogen and oxygen atoms in total. The fourth-order valence-electron chi connectivity index (χ4n) is 10.7. The summed E-state index contributed by atoms with van der Waals surface area (Å²) in [5.74, 6) is -2.87. The van der Waals surface area contributed by atoms with Gasteiger partial charge in [-0.15, -0.1) is 24.8 Å². The van der Waals surface area contributed by atoms with Crippen LogP contribution in [-0.2, 0) is 41.6 Å². The average Bonchev–Trinajstić information content (AvgIpc) is 4.19. The average molecular weight is 1090 g/mol. The van der Waals surface area contributed by atoms with E-state index < -0.39 is 77.0 Å². The molecule has 10 atom stereocenters. The van der Waals surface area contributed by atoms with Gasteiger partial charge in [0.2, 0.25) is 35.4 Å². The molecule has 19 heteroatoms. The smallest absolute Gasteiger partial charge is 0.251 e. The molecular formula is C57H79Cl2N9O8. The highest BCUT2D eigenvalue weighted by atomic mass is 35.5. The van der Waals surface area contributed by atoms with Crippen molar-refractivity contribution in [1.82, 2.24) is 47.0 Å². The molecule has 0 unspecified atom stereocenters. The number of hydrogen-bond donors (Lipinski definition) is 7. The van der Waals surface area contributed by atoms with Crippen molar-refractivity contribution in [3.8, 4) is 0 Å². The molecule has 0 aromatic heterocycles. The molecule has 76 heavy (non-hydrogen) atoms. The first kappa shape index (κ1) is 60.8. The standard InChI is InChI=1S/C57H77N9O8.2ClH/c1-11-32(2)48(67)63-46(56(4,5)6)54(73)65-28-16-22-42(65)52(71)61-44-38-20-14-12-18-36(38)30-40(44)59-50(69)34-24-26-35(27-25-34)51(70)60-41-31-37-19-13-15-21-39(37)45(41)62-53(72)43-23-17-29-66(43)55(74)47(57(7,8)9)64-49(68)33(3)58-10;;/h12-15,18-21,24-27,32-33,40-47,58H,11,16-17,22-23,28-31H2,1-10H3,(H,59,69)(H,60,70)(H,61,71)(H,62,72)(H,63,67)(H,64,68);2*1H/t32-,33+,40+,41+,42+,43+,44+,45+,46-,47-;;/m1../s1. The van der Waals surface area contributed by atoms with Gasteiger partial charge in [0, 0.05) is 30.1 Å². The first-order valence-electron chi connectivity index (χ1n) is 26.4. The Bertz CT molecular complexity index is 2440. The second kappa shape index (κ2) is 25.4. The van der Waals surface area contributed by atoms with Gasteiger partial charge in [-0.3, -0.25) is 38.4 Å². The molecule has 0 spiro atoms. The fourth-order valence-corrected chi connectivity index (χ4v) is 10.7. The first-order chi connectivity index (χ1) is 35.0. The maximum absolute atomic E-state index is 14.3. The van der Waals surface area contributed by atoms with Crippen molar-refractivity contribution in [1.29, 1.82) is 0 Å². The number of nitrogens with zero attached hydrogens (tertiary/aromatic N) is 2. The summed E-state index contributed by atoms with van der Waals surface area (Å²) in [5, 5.41) is 21.4.